The maximum Gasteiger partial charge on any atom is 0.225 e. The zero-order valence-corrected chi connectivity index (χ0v) is 31.5. The molecular formula is C30H24Cl6N6O3S3. The van der Waals surface area contributed by atoms with Crippen LogP contribution >= 0.6 is 105 Å². The van der Waals surface area contributed by atoms with Crippen molar-refractivity contribution in [3.05, 3.63) is 84.7 Å². The van der Waals surface area contributed by atoms with Gasteiger partial charge in [0.1, 0.15) is 0 Å². The molecule has 3 N–H and O–H groups in total. The monoisotopic (exact) mass is 822 g/mol. The highest BCUT2D eigenvalue weighted by Gasteiger charge is 2.13. The van der Waals surface area contributed by atoms with Gasteiger partial charge < -0.3 is 16.0 Å². The average Bonchev–Trinajstić information content (AvgIpc) is 3.02. The number of hydrogen-bond acceptors (Lipinski definition) is 9. The Labute approximate surface area is 319 Å². The van der Waals surface area contributed by atoms with Gasteiger partial charge in [-0.1, -0.05) is 105 Å². The molecule has 3 aromatic carbocycles. The zero-order chi connectivity index (χ0) is 34.6. The molecule has 0 bridgehead atoms. The van der Waals surface area contributed by atoms with E-state index < -0.39 is 0 Å². The number of anilines is 3. The standard InChI is InChI=1S/C30H24Cl6N6O3S3/c31-19-4-1-16(13-22(19)34)37-25(43)7-10-46-28-40-29(47-11-8-26(44)38-17-2-5-20(32)23(35)14-17)42-30(41-28)48-12-9-27(45)39-18-3-6-21(33)24(36)15-18/h1-6,13-15H,7-12H2,(H,37,43)(H,38,44)(H,39,45). The van der Waals surface area contributed by atoms with Gasteiger partial charge in [0, 0.05) is 53.6 Å². The smallest absolute Gasteiger partial charge is 0.225 e. The van der Waals surface area contributed by atoms with E-state index in [4.69, 9.17) is 69.6 Å². The number of carbonyl (C=O) groups excluding carboxylic acids is 3. The minimum Gasteiger partial charge on any atom is -0.326 e. The minimum atomic E-state index is -0.222. The molecule has 0 radical (unpaired) electrons. The van der Waals surface area contributed by atoms with Crippen LogP contribution in [-0.2, 0) is 14.4 Å². The van der Waals surface area contributed by atoms with Crippen molar-refractivity contribution in [2.24, 2.45) is 0 Å². The number of rotatable bonds is 15. The van der Waals surface area contributed by atoms with E-state index in [0.29, 0.717) is 79.9 Å². The second-order valence-corrected chi connectivity index (χ2v) is 15.1. The summed E-state index contributed by atoms with van der Waals surface area (Å²) in [6.07, 6.45) is 0.516. The lowest BCUT2D eigenvalue weighted by Crippen LogP contribution is -2.13. The fourth-order valence-electron chi connectivity index (χ4n) is 3.61. The van der Waals surface area contributed by atoms with Gasteiger partial charge >= 0.3 is 0 Å². The van der Waals surface area contributed by atoms with Crippen LogP contribution in [0.1, 0.15) is 19.3 Å². The van der Waals surface area contributed by atoms with Crippen LogP contribution < -0.4 is 16.0 Å². The summed E-state index contributed by atoms with van der Waals surface area (Å²) in [7, 11) is 0. The molecule has 9 nitrogen and oxygen atoms in total. The molecule has 1 heterocycles. The number of halogens is 6. The molecule has 0 saturated carbocycles. The highest BCUT2D eigenvalue weighted by atomic mass is 35.5. The van der Waals surface area contributed by atoms with Crippen molar-refractivity contribution in [3.8, 4) is 0 Å². The summed E-state index contributed by atoms with van der Waals surface area (Å²) < 4.78 is 0. The molecule has 3 amide bonds. The Morgan fingerprint density at radius 2 is 0.729 bits per heavy atom. The second-order valence-electron chi connectivity index (χ2n) is 9.51. The first kappa shape index (κ1) is 38.7. The number of carbonyl (C=O) groups is 3. The number of nitrogens with zero attached hydrogens (tertiary/aromatic N) is 3. The highest BCUT2D eigenvalue weighted by molar-refractivity contribution is 8.00. The fraction of sp³-hybridized carbons (Fsp3) is 0.200. The molecule has 48 heavy (non-hydrogen) atoms. The molecular weight excluding hydrogens is 801 g/mol. The Morgan fingerprint density at radius 3 is 0.979 bits per heavy atom. The summed E-state index contributed by atoms with van der Waals surface area (Å²) in [6.45, 7) is 0. The van der Waals surface area contributed by atoms with E-state index in [1.165, 1.54) is 35.3 Å². The second kappa shape index (κ2) is 19.3. The Balaban J connectivity index is 1.34. The summed E-state index contributed by atoms with van der Waals surface area (Å²) >= 11 is 39.8. The Kier molecular flexibility index (Phi) is 15.6. The van der Waals surface area contributed by atoms with E-state index in [1.54, 1.807) is 54.6 Å². The lowest BCUT2D eigenvalue weighted by molar-refractivity contribution is -0.116. The Morgan fingerprint density at radius 1 is 0.458 bits per heavy atom. The third-order valence-corrected chi connectivity index (χ3v) is 10.6. The van der Waals surface area contributed by atoms with Crippen LogP contribution in [0.15, 0.2) is 70.1 Å². The molecule has 0 fully saturated rings. The number of amides is 3. The predicted octanol–water partition coefficient (Wildman–Crippen LogP) is 10.2. The van der Waals surface area contributed by atoms with Crippen molar-refractivity contribution in [2.75, 3.05) is 33.2 Å². The van der Waals surface area contributed by atoms with E-state index in [9.17, 15) is 14.4 Å². The van der Waals surface area contributed by atoms with Crippen molar-refractivity contribution in [1.29, 1.82) is 0 Å². The van der Waals surface area contributed by atoms with E-state index in [2.05, 4.69) is 30.9 Å². The van der Waals surface area contributed by atoms with Crippen molar-refractivity contribution in [1.82, 2.24) is 15.0 Å². The molecule has 4 rings (SSSR count). The van der Waals surface area contributed by atoms with Crippen molar-refractivity contribution in [3.63, 3.8) is 0 Å². The molecule has 0 saturated heterocycles. The Hall–Kier alpha value is -2.13. The first-order chi connectivity index (χ1) is 22.9. The van der Waals surface area contributed by atoms with Crippen LogP contribution in [-0.4, -0.2) is 49.9 Å². The van der Waals surface area contributed by atoms with Gasteiger partial charge in [-0.05, 0) is 54.6 Å². The average molecular weight is 825 g/mol. The maximum absolute atomic E-state index is 12.5. The number of hydrogen-bond donors (Lipinski definition) is 3. The lowest BCUT2D eigenvalue weighted by atomic mass is 10.3. The molecule has 0 unspecified atom stereocenters. The van der Waals surface area contributed by atoms with Gasteiger partial charge in [-0.25, -0.2) is 0 Å². The van der Waals surface area contributed by atoms with Gasteiger partial charge in [-0.2, -0.15) is 15.0 Å². The lowest BCUT2D eigenvalue weighted by Gasteiger charge is -2.09. The summed E-state index contributed by atoms with van der Waals surface area (Å²) in [4.78, 5) is 51.1. The molecule has 1 aromatic heterocycles. The highest BCUT2D eigenvalue weighted by Crippen LogP contribution is 2.28. The van der Waals surface area contributed by atoms with E-state index in [1.807, 2.05) is 0 Å². The number of benzene rings is 3. The van der Waals surface area contributed by atoms with Gasteiger partial charge in [-0.3, -0.25) is 14.4 Å². The molecule has 0 aliphatic carbocycles. The van der Waals surface area contributed by atoms with Gasteiger partial charge in [-0.15, -0.1) is 0 Å². The zero-order valence-electron chi connectivity index (χ0n) is 24.5. The fourth-order valence-corrected chi connectivity index (χ4v) is 7.00. The van der Waals surface area contributed by atoms with Gasteiger partial charge in [0.15, 0.2) is 15.5 Å². The summed E-state index contributed by atoms with van der Waals surface area (Å²) in [6, 6.07) is 14.5. The number of nitrogens with one attached hydrogen (secondary N) is 3. The SMILES string of the molecule is O=C(CCSc1nc(SCCC(=O)Nc2ccc(Cl)c(Cl)c2)nc(SCCC(=O)Nc2ccc(Cl)c(Cl)c2)n1)Nc1ccc(Cl)c(Cl)c1. The van der Waals surface area contributed by atoms with Crippen LogP contribution in [0.4, 0.5) is 17.1 Å². The van der Waals surface area contributed by atoms with E-state index in [-0.39, 0.29) is 37.0 Å². The largest absolute Gasteiger partial charge is 0.326 e. The summed E-state index contributed by atoms with van der Waals surface area (Å²) in [5.74, 6) is 0.469. The third-order valence-electron chi connectivity index (χ3n) is 5.86. The van der Waals surface area contributed by atoms with Crippen molar-refractivity contribution < 1.29 is 14.4 Å². The predicted molar refractivity (Wildman–Crippen MR) is 201 cm³/mol. The first-order valence-corrected chi connectivity index (χ1v) is 19.1. The van der Waals surface area contributed by atoms with Crippen LogP contribution in [0.3, 0.4) is 0 Å². The van der Waals surface area contributed by atoms with Crippen molar-refractivity contribution >= 4 is 140 Å². The molecule has 18 heteroatoms. The van der Waals surface area contributed by atoms with E-state index >= 15 is 0 Å². The molecule has 252 valence electrons. The van der Waals surface area contributed by atoms with Crippen LogP contribution in [0.2, 0.25) is 30.1 Å². The minimum absolute atomic E-state index is 0.172. The number of thioether (sulfide) groups is 3. The topological polar surface area (TPSA) is 126 Å². The van der Waals surface area contributed by atoms with E-state index in [0.717, 1.165) is 0 Å². The third kappa shape index (κ3) is 13.0. The van der Waals surface area contributed by atoms with Gasteiger partial charge in [0.2, 0.25) is 17.7 Å². The molecule has 4 aromatic rings. The number of aromatic nitrogens is 3. The Bertz CT molecular complexity index is 1590. The summed E-state index contributed by atoms with van der Waals surface area (Å²) in [5.41, 5.74) is 1.59. The quantitative estimate of drug-likeness (QED) is 0.100. The van der Waals surface area contributed by atoms with Gasteiger partial charge in [0.25, 0.3) is 0 Å². The van der Waals surface area contributed by atoms with Crippen molar-refractivity contribution in [2.45, 2.75) is 34.7 Å². The first-order valence-electron chi connectivity index (χ1n) is 13.8. The molecule has 0 atom stereocenters. The van der Waals surface area contributed by atoms with Crippen LogP contribution in [0.25, 0.3) is 0 Å². The normalized spacial score (nSPS) is 10.9. The molecule has 0 aliphatic heterocycles. The maximum atomic E-state index is 12.5. The van der Waals surface area contributed by atoms with Crippen LogP contribution in [0.5, 0.6) is 0 Å². The molecule has 0 spiro atoms. The van der Waals surface area contributed by atoms with Crippen LogP contribution in [0, 0.1) is 0 Å². The van der Waals surface area contributed by atoms with Gasteiger partial charge in [0.05, 0.1) is 30.1 Å². The molecule has 0 aliphatic rings. The summed E-state index contributed by atoms with van der Waals surface area (Å²) in [5, 5.41) is 11.7.